The van der Waals surface area contributed by atoms with E-state index in [9.17, 15) is 25.0 Å². The normalized spacial score (nSPS) is 11.5. The quantitative estimate of drug-likeness (QED) is 0.387. The van der Waals surface area contributed by atoms with Gasteiger partial charge in [0.25, 0.3) is 5.69 Å². The summed E-state index contributed by atoms with van der Waals surface area (Å²) in [6.45, 7) is 1.18. The highest BCUT2D eigenvalue weighted by atomic mass is 16.6. The Morgan fingerprint density at radius 2 is 1.75 bits per heavy atom. The van der Waals surface area contributed by atoms with Crippen LogP contribution in [0.5, 0.6) is 0 Å². The zero-order valence-corrected chi connectivity index (χ0v) is 12.7. The third-order valence-corrected chi connectivity index (χ3v) is 3.37. The lowest BCUT2D eigenvalue weighted by molar-refractivity contribution is -0.526. The first-order valence-electron chi connectivity index (χ1n) is 6.85. The van der Waals surface area contributed by atoms with E-state index in [0.29, 0.717) is 5.56 Å². The molecule has 0 aliphatic heterocycles. The summed E-state index contributed by atoms with van der Waals surface area (Å²) in [6, 6.07) is 11.5. The summed E-state index contributed by atoms with van der Waals surface area (Å²) in [6.07, 6.45) is -1.47. The first kappa shape index (κ1) is 16.9. The van der Waals surface area contributed by atoms with Crippen LogP contribution in [0.2, 0.25) is 0 Å². The number of carbonyl (C=O) groups is 1. The summed E-state index contributed by atoms with van der Waals surface area (Å²) in [5, 5.41) is 22.4. The Morgan fingerprint density at radius 1 is 1.12 bits per heavy atom. The van der Waals surface area contributed by atoms with Gasteiger partial charge in [-0.2, -0.15) is 0 Å². The van der Waals surface area contributed by atoms with Crippen molar-refractivity contribution in [1.82, 2.24) is 0 Å². The highest BCUT2D eigenvalue weighted by Crippen LogP contribution is 2.32. The molecule has 0 aliphatic carbocycles. The number of rotatable bonds is 5. The standard InChI is InChI=1S/C15H14N4O5/c1-10(20)17(12-7-8-14(18(21)22)13(16)9-12)15(19(23)24)11-5-3-2-4-6-11/h2-9,15H,16H2,1H3. The number of hydrogen-bond donors (Lipinski definition) is 1. The molecule has 2 aromatic rings. The number of anilines is 2. The molecule has 1 unspecified atom stereocenters. The molecule has 2 aromatic carbocycles. The van der Waals surface area contributed by atoms with E-state index in [1.807, 2.05) is 0 Å². The number of nitro benzene ring substituents is 1. The molecule has 0 radical (unpaired) electrons. The fraction of sp³-hybridized carbons (Fsp3) is 0.133. The zero-order valence-electron chi connectivity index (χ0n) is 12.7. The first-order chi connectivity index (χ1) is 11.3. The second-order valence-electron chi connectivity index (χ2n) is 4.96. The van der Waals surface area contributed by atoms with Gasteiger partial charge >= 0.3 is 6.17 Å². The largest absolute Gasteiger partial charge is 0.393 e. The fourth-order valence-electron chi connectivity index (χ4n) is 2.34. The maximum Gasteiger partial charge on any atom is 0.319 e. The highest BCUT2D eigenvalue weighted by molar-refractivity contribution is 5.93. The fourth-order valence-corrected chi connectivity index (χ4v) is 2.34. The molecule has 1 atom stereocenters. The third kappa shape index (κ3) is 3.29. The number of nitro groups is 2. The molecule has 0 saturated carbocycles. The maximum atomic E-state index is 12.0. The maximum absolute atomic E-state index is 12.0. The van der Waals surface area contributed by atoms with Gasteiger partial charge in [-0.05, 0) is 12.1 Å². The van der Waals surface area contributed by atoms with Crippen molar-refractivity contribution in [2.45, 2.75) is 13.1 Å². The van der Waals surface area contributed by atoms with Crippen LogP contribution in [-0.2, 0) is 4.79 Å². The van der Waals surface area contributed by atoms with Crippen molar-refractivity contribution in [3.8, 4) is 0 Å². The molecular weight excluding hydrogens is 316 g/mol. The Balaban J connectivity index is 2.56. The lowest BCUT2D eigenvalue weighted by Crippen LogP contribution is -2.37. The summed E-state index contributed by atoms with van der Waals surface area (Å²) in [5.74, 6) is -0.589. The Labute approximate surface area is 136 Å². The van der Waals surface area contributed by atoms with Gasteiger partial charge in [-0.1, -0.05) is 30.3 Å². The van der Waals surface area contributed by atoms with Crippen molar-refractivity contribution in [1.29, 1.82) is 0 Å². The van der Waals surface area contributed by atoms with Crippen molar-refractivity contribution in [3.63, 3.8) is 0 Å². The highest BCUT2D eigenvalue weighted by Gasteiger charge is 2.34. The molecule has 0 aromatic heterocycles. The molecule has 9 nitrogen and oxygen atoms in total. The summed E-state index contributed by atoms with van der Waals surface area (Å²) >= 11 is 0. The minimum atomic E-state index is -1.47. The number of amides is 1. The van der Waals surface area contributed by atoms with Crippen molar-refractivity contribution in [3.05, 3.63) is 74.3 Å². The van der Waals surface area contributed by atoms with Crippen LogP contribution in [0.3, 0.4) is 0 Å². The number of hydrogen-bond acceptors (Lipinski definition) is 6. The van der Waals surface area contributed by atoms with E-state index < -0.39 is 21.9 Å². The lowest BCUT2D eigenvalue weighted by atomic mass is 10.1. The second-order valence-corrected chi connectivity index (χ2v) is 4.96. The van der Waals surface area contributed by atoms with Crippen LogP contribution in [0, 0.1) is 20.2 Å². The van der Waals surface area contributed by atoms with Crippen LogP contribution >= 0.6 is 0 Å². The van der Waals surface area contributed by atoms with Gasteiger partial charge < -0.3 is 5.73 Å². The molecule has 0 heterocycles. The van der Waals surface area contributed by atoms with E-state index in [-0.39, 0.29) is 17.1 Å². The molecule has 0 fully saturated rings. The van der Waals surface area contributed by atoms with E-state index in [2.05, 4.69) is 0 Å². The van der Waals surface area contributed by atoms with Crippen molar-refractivity contribution < 1.29 is 14.6 Å². The summed E-state index contributed by atoms with van der Waals surface area (Å²) in [5.41, 5.74) is 5.52. The topological polar surface area (TPSA) is 133 Å². The van der Waals surface area contributed by atoms with Crippen molar-refractivity contribution in [2.75, 3.05) is 10.6 Å². The van der Waals surface area contributed by atoms with Gasteiger partial charge in [0.05, 0.1) is 15.5 Å². The number of carbonyl (C=O) groups excluding carboxylic acids is 1. The molecule has 0 saturated heterocycles. The zero-order chi connectivity index (χ0) is 17.9. The Morgan fingerprint density at radius 3 is 2.21 bits per heavy atom. The molecule has 124 valence electrons. The monoisotopic (exact) mass is 330 g/mol. The van der Waals surface area contributed by atoms with Crippen LogP contribution in [0.15, 0.2) is 48.5 Å². The Kier molecular flexibility index (Phi) is 4.73. The SMILES string of the molecule is CC(=O)N(c1ccc([N+](=O)[O-])c(N)c1)C(c1ccccc1)[N+](=O)[O-]. The van der Waals surface area contributed by atoms with Gasteiger partial charge in [-0.15, -0.1) is 0 Å². The first-order valence-corrected chi connectivity index (χ1v) is 6.85. The van der Waals surface area contributed by atoms with Crippen LogP contribution in [-0.4, -0.2) is 15.8 Å². The van der Waals surface area contributed by atoms with Crippen LogP contribution < -0.4 is 10.6 Å². The molecule has 0 bridgehead atoms. The molecule has 0 spiro atoms. The third-order valence-electron chi connectivity index (χ3n) is 3.37. The number of benzene rings is 2. The smallest absolute Gasteiger partial charge is 0.319 e. The number of nitrogens with two attached hydrogens (primary N) is 1. The van der Waals surface area contributed by atoms with E-state index in [0.717, 1.165) is 11.0 Å². The van der Waals surface area contributed by atoms with Gasteiger partial charge in [-0.3, -0.25) is 25.0 Å². The second kappa shape index (κ2) is 6.73. The van der Waals surface area contributed by atoms with Crippen LogP contribution in [0.1, 0.15) is 18.7 Å². The average Bonchev–Trinajstić information content (AvgIpc) is 2.52. The van der Waals surface area contributed by atoms with Crippen molar-refractivity contribution in [2.24, 2.45) is 0 Å². The van der Waals surface area contributed by atoms with E-state index in [1.165, 1.54) is 31.2 Å². The average molecular weight is 330 g/mol. The molecule has 2 N–H and O–H groups in total. The molecular formula is C15H14N4O5. The molecule has 9 heteroatoms. The van der Waals surface area contributed by atoms with Gasteiger partial charge in [0.1, 0.15) is 5.69 Å². The van der Waals surface area contributed by atoms with Gasteiger partial charge in [0, 0.05) is 18.6 Å². The summed E-state index contributed by atoms with van der Waals surface area (Å²) in [7, 11) is 0. The minimum Gasteiger partial charge on any atom is -0.393 e. The predicted octanol–water partition coefficient (Wildman–Crippen LogP) is 2.51. The van der Waals surface area contributed by atoms with Crippen LogP contribution in [0.25, 0.3) is 0 Å². The van der Waals surface area contributed by atoms with Crippen molar-refractivity contribution >= 4 is 23.0 Å². The predicted molar refractivity (Wildman–Crippen MR) is 86.8 cm³/mol. The Bertz CT molecular complexity index is 794. The van der Waals surface area contributed by atoms with E-state index >= 15 is 0 Å². The van der Waals surface area contributed by atoms with Crippen LogP contribution in [0.4, 0.5) is 17.1 Å². The summed E-state index contributed by atoms with van der Waals surface area (Å²) < 4.78 is 0. The van der Waals surface area contributed by atoms with E-state index in [1.54, 1.807) is 18.2 Å². The molecule has 24 heavy (non-hydrogen) atoms. The number of nitrogen functional groups attached to an aromatic ring is 1. The molecule has 2 rings (SSSR count). The Hall–Kier alpha value is -3.49. The van der Waals surface area contributed by atoms with Gasteiger partial charge in [0.15, 0.2) is 0 Å². The lowest BCUT2D eigenvalue weighted by Gasteiger charge is -2.25. The number of nitrogens with zero attached hydrogens (tertiary/aromatic N) is 3. The summed E-state index contributed by atoms with van der Waals surface area (Å²) in [4.78, 5) is 34.1. The molecule has 1 amide bonds. The molecule has 0 aliphatic rings. The minimum absolute atomic E-state index is 0.108. The van der Waals surface area contributed by atoms with E-state index in [4.69, 9.17) is 5.73 Å². The van der Waals surface area contributed by atoms with Gasteiger partial charge in [-0.25, -0.2) is 4.90 Å². The van der Waals surface area contributed by atoms with Gasteiger partial charge in [0.2, 0.25) is 5.91 Å².